The minimum atomic E-state index is -2.18. The van der Waals surface area contributed by atoms with Gasteiger partial charge in [0.2, 0.25) is 0 Å². The maximum Gasteiger partial charge on any atom is 0.356 e. The first-order valence-electron chi connectivity index (χ1n) is 1.66. The van der Waals surface area contributed by atoms with Crippen molar-refractivity contribution in [2.75, 3.05) is 0 Å². The van der Waals surface area contributed by atoms with E-state index in [4.69, 9.17) is 4.55 Å². The van der Waals surface area contributed by atoms with E-state index in [2.05, 4.69) is 23.9 Å². The van der Waals surface area contributed by atoms with Crippen LogP contribution in [0.1, 0.15) is 0 Å². The van der Waals surface area contributed by atoms with Crippen molar-refractivity contribution in [3.8, 4) is 0 Å². The van der Waals surface area contributed by atoms with Gasteiger partial charge in [0.05, 0.1) is 6.26 Å². The van der Waals surface area contributed by atoms with Crippen LogP contribution in [0.5, 0.6) is 0 Å². The van der Waals surface area contributed by atoms with Crippen molar-refractivity contribution in [3.05, 3.63) is 26.0 Å². The second kappa shape index (κ2) is 9.63. The lowest BCUT2D eigenvalue weighted by atomic mass is 11.2. The molecule has 0 saturated heterocycles. The molecule has 0 saturated carbocycles. The lowest BCUT2D eigenvalue weighted by Crippen LogP contribution is -1.83. The average molecular weight is 136 g/mol. The summed E-state index contributed by atoms with van der Waals surface area (Å²) in [6.07, 6.45) is 0.899. The molecule has 1 unspecified atom stereocenters. The van der Waals surface area contributed by atoms with Crippen LogP contribution in [0.3, 0.4) is 0 Å². The molecule has 0 aliphatic heterocycles. The van der Waals surface area contributed by atoms with E-state index in [1.54, 1.807) is 0 Å². The van der Waals surface area contributed by atoms with Crippen LogP contribution >= 0.6 is 0 Å². The summed E-state index contributed by atoms with van der Waals surface area (Å²) >= 11 is -2.18. The molecule has 0 aliphatic carbocycles. The molecule has 1 N–H and O–H groups in total. The third-order valence-corrected chi connectivity index (χ3v) is 0.451. The zero-order chi connectivity index (χ0) is 6.99. The Hall–Kier alpha value is -0.610. The van der Waals surface area contributed by atoms with Gasteiger partial charge in [-0.3, -0.25) is 4.55 Å². The second-order valence-corrected chi connectivity index (χ2v) is 1.11. The fraction of sp³-hybridized carbons (Fsp3) is 0. The van der Waals surface area contributed by atoms with E-state index in [1.165, 1.54) is 0 Å². The Morgan fingerprint density at radius 2 is 2.00 bits per heavy atom. The summed E-state index contributed by atoms with van der Waals surface area (Å²) in [6.45, 7) is 9.03. The molecule has 1 atom stereocenters. The first kappa shape index (κ1) is 10.4. The lowest BCUT2D eigenvalue weighted by molar-refractivity contribution is 0.421. The first-order chi connectivity index (χ1) is 3.77. The molecule has 3 nitrogen and oxygen atoms in total. The zero-order valence-corrected chi connectivity index (χ0v) is 5.19. The SMILES string of the molecule is C=C.C=COS(=O)O. The zero-order valence-electron chi connectivity index (χ0n) is 4.37. The van der Waals surface area contributed by atoms with Crippen molar-refractivity contribution in [2.45, 2.75) is 0 Å². The summed E-state index contributed by atoms with van der Waals surface area (Å²) in [5, 5.41) is 0. The van der Waals surface area contributed by atoms with Crippen molar-refractivity contribution in [1.29, 1.82) is 0 Å². The van der Waals surface area contributed by atoms with E-state index in [0.717, 1.165) is 6.26 Å². The fourth-order valence-electron chi connectivity index (χ4n) is 0.0582. The van der Waals surface area contributed by atoms with Crippen molar-refractivity contribution in [1.82, 2.24) is 0 Å². The molecular weight excluding hydrogens is 128 g/mol. The maximum absolute atomic E-state index is 9.42. The molecule has 0 spiro atoms. The summed E-state index contributed by atoms with van der Waals surface area (Å²) in [7, 11) is 0. The quantitative estimate of drug-likeness (QED) is 0.351. The Morgan fingerprint density at radius 3 is 2.00 bits per heavy atom. The fourth-order valence-corrected chi connectivity index (χ4v) is 0.175. The highest BCUT2D eigenvalue weighted by Crippen LogP contribution is 1.73. The van der Waals surface area contributed by atoms with E-state index in [-0.39, 0.29) is 0 Å². The molecule has 0 aliphatic rings. The summed E-state index contributed by atoms with van der Waals surface area (Å²) in [4.78, 5) is 0. The van der Waals surface area contributed by atoms with Gasteiger partial charge in [-0.25, -0.2) is 0 Å². The first-order valence-corrected chi connectivity index (χ1v) is 2.69. The van der Waals surface area contributed by atoms with Crippen LogP contribution in [-0.2, 0) is 15.5 Å². The van der Waals surface area contributed by atoms with Crippen LogP contribution in [0.25, 0.3) is 0 Å². The van der Waals surface area contributed by atoms with Gasteiger partial charge in [-0.1, -0.05) is 6.58 Å². The van der Waals surface area contributed by atoms with Crippen molar-refractivity contribution in [3.63, 3.8) is 0 Å². The molecule has 0 fully saturated rings. The summed E-state index contributed by atoms with van der Waals surface area (Å²) in [5.41, 5.74) is 0. The molecular formula is C4H8O3S. The average Bonchev–Trinajstić information content (AvgIpc) is 1.72. The molecule has 8 heavy (non-hydrogen) atoms. The molecule has 0 bridgehead atoms. The molecule has 0 heterocycles. The van der Waals surface area contributed by atoms with Crippen LogP contribution in [0.2, 0.25) is 0 Å². The van der Waals surface area contributed by atoms with E-state index < -0.39 is 11.4 Å². The van der Waals surface area contributed by atoms with Crippen LogP contribution in [0.15, 0.2) is 26.0 Å². The van der Waals surface area contributed by atoms with E-state index in [1.807, 2.05) is 0 Å². The third kappa shape index (κ3) is 18.2. The van der Waals surface area contributed by atoms with Gasteiger partial charge in [0.15, 0.2) is 0 Å². The van der Waals surface area contributed by atoms with Gasteiger partial charge in [0.25, 0.3) is 0 Å². The number of rotatable bonds is 2. The Bertz CT molecular complexity index is 81.4. The van der Waals surface area contributed by atoms with Crippen molar-refractivity contribution < 1.29 is 12.9 Å². The van der Waals surface area contributed by atoms with Crippen molar-refractivity contribution >= 4 is 11.4 Å². The summed E-state index contributed by atoms with van der Waals surface area (Å²) in [6, 6.07) is 0. The normalized spacial score (nSPS) is 10.1. The molecule has 4 heteroatoms. The van der Waals surface area contributed by atoms with Gasteiger partial charge in [0, 0.05) is 0 Å². The Kier molecular flexibility index (Phi) is 12.5. The number of hydrogen-bond acceptors (Lipinski definition) is 2. The second-order valence-electron chi connectivity index (χ2n) is 0.480. The molecule has 48 valence electrons. The van der Waals surface area contributed by atoms with E-state index >= 15 is 0 Å². The van der Waals surface area contributed by atoms with Crippen LogP contribution in [-0.4, -0.2) is 8.76 Å². The smallest absolute Gasteiger partial charge is 0.356 e. The molecule has 0 amide bonds. The monoisotopic (exact) mass is 136 g/mol. The largest absolute Gasteiger partial charge is 0.389 e. The Labute approximate surface area is 51.2 Å². The van der Waals surface area contributed by atoms with Gasteiger partial charge in [-0.15, -0.1) is 13.2 Å². The van der Waals surface area contributed by atoms with Gasteiger partial charge < -0.3 is 4.18 Å². The molecule has 0 aromatic heterocycles. The third-order valence-electron chi connectivity index (χ3n) is 0.150. The lowest BCUT2D eigenvalue weighted by Gasteiger charge is -1.82. The molecule has 0 rings (SSSR count). The van der Waals surface area contributed by atoms with E-state index in [9.17, 15) is 4.21 Å². The highest BCUT2D eigenvalue weighted by Gasteiger charge is 1.78. The predicted molar refractivity (Wildman–Crippen MR) is 33.3 cm³/mol. The molecule has 0 aromatic rings. The van der Waals surface area contributed by atoms with Gasteiger partial charge >= 0.3 is 11.4 Å². The predicted octanol–water partition coefficient (Wildman–Crippen LogP) is 1.09. The van der Waals surface area contributed by atoms with Crippen LogP contribution in [0, 0.1) is 0 Å². The summed E-state index contributed by atoms with van der Waals surface area (Å²) in [5.74, 6) is 0. The summed E-state index contributed by atoms with van der Waals surface area (Å²) < 4.78 is 21.0. The van der Waals surface area contributed by atoms with Gasteiger partial charge in [0.1, 0.15) is 0 Å². The topological polar surface area (TPSA) is 46.5 Å². The minimum absolute atomic E-state index is 0.899. The highest BCUT2D eigenvalue weighted by molar-refractivity contribution is 7.74. The van der Waals surface area contributed by atoms with E-state index in [0.29, 0.717) is 0 Å². The standard InChI is InChI=1S/C2H4O3S.C2H4/c1-2-5-6(3)4;1-2/h2H,1H2,(H,3,4);1-2H2. The number of hydrogen-bond donors (Lipinski definition) is 1. The molecule has 0 radical (unpaired) electrons. The van der Waals surface area contributed by atoms with Crippen molar-refractivity contribution in [2.24, 2.45) is 0 Å². The Balaban J connectivity index is 0. The van der Waals surface area contributed by atoms with Gasteiger partial charge in [-0.2, -0.15) is 4.21 Å². The molecule has 0 aromatic carbocycles. The minimum Gasteiger partial charge on any atom is -0.389 e. The van der Waals surface area contributed by atoms with Gasteiger partial charge in [-0.05, 0) is 0 Å². The Morgan fingerprint density at radius 1 is 1.62 bits per heavy atom. The van der Waals surface area contributed by atoms with Crippen LogP contribution in [0.4, 0.5) is 0 Å². The maximum atomic E-state index is 9.42. The van der Waals surface area contributed by atoms with Crippen LogP contribution < -0.4 is 0 Å². The highest BCUT2D eigenvalue weighted by atomic mass is 32.2.